The Balaban J connectivity index is 2.23. The molecule has 1 rings (SSSR count). The van der Waals surface area contributed by atoms with E-state index in [1.807, 2.05) is 14.0 Å². The Bertz CT molecular complexity index is 199. The molecule has 3 heteroatoms. The Labute approximate surface area is 86.6 Å². The van der Waals surface area contributed by atoms with Crippen LogP contribution >= 0.6 is 0 Å². The number of amides is 1. The van der Waals surface area contributed by atoms with Gasteiger partial charge in [0.1, 0.15) is 0 Å². The highest BCUT2D eigenvalue weighted by Gasteiger charge is 2.41. The number of hydrogen-bond donors (Lipinski definition) is 2. The second-order valence-corrected chi connectivity index (χ2v) is 4.48. The second-order valence-electron chi connectivity index (χ2n) is 4.48. The van der Waals surface area contributed by atoms with Crippen LogP contribution in [0.4, 0.5) is 0 Å². The van der Waals surface area contributed by atoms with Gasteiger partial charge in [-0.05, 0) is 38.6 Å². The summed E-state index contributed by atoms with van der Waals surface area (Å²) in [4.78, 5) is 11.5. The molecule has 1 amide bonds. The second kappa shape index (κ2) is 4.78. The first kappa shape index (κ1) is 11.5. The van der Waals surface area contributed by atoms with E-state index >= 15 is 0 Å². The Hall–Kier alpha value is -0.570. The maximum absolute atomic E-state index is 11.5. The van der Waals surface area contributed by atoms with Crippen LogP contribution in [0.2, 0.25) is 0 Å². The molecule has 3 nitrogen and oxygen atoms in total. The number of likely N-dealkylation sites (N-methyl/N-ethyl adjacent to an activating group) is 1. The molecule has 0 aromatic rings. The first-order valence-corrected chi connectivity index (χ1v) is 5.58. The van der Waals surface area contributed by atoms with Gasteiger partial charge in [0, 0.05) is 6.54 Å². The summed E-state index contributed by atoms with van der Waals surface area (Å²) in [5, 5.41) is 5.96. The van der Waals surface area contributed by atoms with Crippen molar-refractivity contribution < 1.29 is 4.79 Å². The Kier molecular flexibility index (Phi) is 3.93. The molecule has 0 radical (unpaired) electrons. The van der Waals surface area contributed by atoms with E-state index < -0.39 is 0 Å². The predicted octanol–water partition coefficient (Wildman–Crippen LogP) is 1.29. The molecule has 1 saturated carbocycles. The summed E-state index contributed by atoms with van der Waals surface area (Å²) < 4.78 is 0. The van der Waals surface area contributed by atoms with Gasteiger partial charge in [0.05, 0.1) is 6.04 Å². The third-order valence-corrected chi connectivity index (χ3v) is 3.20. The standard InChI is InChI=1S/C11H22N2O/c1-4-5-11(6-7-11)8-13-10(14)9(2)12-3/h9,12H,4-8H2,1-3H3,(H,13,14). The zero-order valence-electron chi connectivity index (χ0n) is 9.52. The molecule has 82 valence electrons. The van der Waals surface area contributed by atoms with E-state index in [2.05, 4.69) is 17.6 Å². The molecule has 1 aliphatic rings. The van der Waals surface area contributed by atoms with E-state index in [1.54, 1.807) is 0 Å². The molecule has 1 fully saturated rings. The highest BCUT2D eigenvalue weighted by atomic mass is 16.2. The van der Waals surface area contributed by atoms with Gasteiger partial charge in [0.15, 0.2) is 0 Å². The zero-order chi connectivity index (χ0) is 10.6. The smallest absolute Gasteiger partial charge is 0.236 e. The normalized spacial score (nSPS) is 20.2. The largest absolute Gasteiger partial charge is 0.354 e. The minimum atomic E-state index is -0.0765. The number of carbonyl (C=O) groups is 1. The van der Waals surface area contributed by atoms with Gasteiger partial charge in [-0.2, -0.15) is 0 Å². The summed E-state index contributed by atoms with van der Waals surface area (Å²) in [6.45, 7) is 4.96. The van der Waals surface area contributed by atoms with Gasteiger partial charge in [0.25, 0.3) is 0 Å². The molecule has 0 aromatic heterocycles. The van der Waals surface area contributed by atoms with Crippen molar-refractivity contribution in [3.63, 3.8) is 0 Å². The lowest BCUT2D eigenvalue weighted by Gasteiger charge is -2.17. The number of rotatable bonds is 6. The third kappa shape index (κ3) is 2.98. The van der Waals surface area contributed by atoms with Gasteiger partial charge in [-0.1, -0.05) is 13.3 Å². The van der Waals surface area contributed by atoms with Crippen LogP contribution in [0.1, 0.15) is 39.5 Å². The van der Waals surface area contributed by atoms with Crippen LogP contribution in [0.25, 0.3) is 0 Å². The van der Waals surface area contributed by atoms with E-state index in [9.17, 15) is 4.79 Å². The fraction of sp³-hybridized carbons (Fsp3) is 0.909. The van der Waals surface area contributed by atoms with E-state index in [-0.39, 0.29) is 11.9 Å². The highest BCUT2D eigenvalue weighted by molar-refractivity contribution is 5.81. The molecule has 0 saturated heterocycles. The van der Waals surface area contributed by atoms with Crippen LogP contribution in [-0.4, -0.2) is 25.5 Å². The maximum atomic E-state index is 11.5. The van der Waals surface area contributed by atoms with Gasteiger partial charge in [0.2, 0.25) is 5.91 Å². The molecule has 0 aromatic carbocycles. The summed E-state index contributed by atoms with van der Waals surface area (Å²) in [5.74, 6) is 0.120. The molecule has 0 heterocycles. The lowest BCUT2D eigenvalue weighted by Crippen LogP contribution is -2.42. The maximum Gasteiger partial charge on any atom is 0.236 e. The minimum absolute atomic E-state index is 0.0765. The molecule has 1 atom stereocenters. The molecule has 1 aliphatic carbocycles. The van der Waals surface area contributed by atoms with Crippen molar-refractivity contribution in [2.45, 2.75) is 45.6 Å². The molecule has 0 aliphatic heterocycles. The van der Waals surface area contributed by atoms with Crippen LogP contribution in [-0.2, 0) is 4.79 Å². The quantitative estimate of drug-likeness (QED) is 0.675. The average Bonchev–Trinajstić information content (AvgIpc) is 2.94. The predicted molar refractivity (Wildman–Crippen MR) is 58.1 cm³/mol. The topological polar surface area (TPSA) is 41.1 Å². The molecular weight excluding hydrogens is 176 g/mol. The SMILES string of the molecule is CCCC1(CNC(=O)C(C)NC)CC1. The van der Waals surface area contributed by atoms with Crippen molar-refractivity contribution in [2.75, 3.05) is 13.6 Å². The minimum Gasteiger partial charge on any atom is -0.354 e. The van der Waals surface area contributed by atoms with Gasteiger partial charge in [-0.25, -0.2) is 0 Å². The number of nitrogens with one attached hydrogen (secondary N) is 2. The van der Waals surface area contributed by atoms with Crippen LogP contribution in [0.3, 0.4) is 0 Å². The number of carbonyl (C=O) groups excluding carboxylic acids is 1. The van der Waals surface area contributed by atoms with Crippen LogP contribution in [0, 0.1) is 5.41 Å². The van der Waals surface area contributed by atoms with Gasteiger partial charge >= 0.3 is 0 Å². The summed E-state index contributed by atoms with van der Waals surface area (Å²) in [7, 11) is 1.81. The van der Waals surface area contributed by atoms with Crippen LogP contribution in [0.5, 0.6) is 0 Å². The Morgan fingerprint density at radius 1 is 1.50 bits per heavy atom. The highest BCUT2D eigenvalue weighted by Crippen LogP contribution is 2.48. The Morgan fingerprint density at radius 3 is 2.57 bits per heavy atom. The average molecular weight is 198 g/mol. The van der Waals surface area contributed by atoms with Crippen molar-refractivity contribution in [1.29, 1.82) is 0 Å². The molecule has 1 unspecified atom stereocenters. The van der Waals surface area contributed by atoms with Crippen molar-refractivity contribution in [3.8, 4) is 0 Å². The first-order valence-electron chi connectivity index (χ1n) is 5.58. The van der Waals surface area contributed by atoms with Gasteiger partial charge < -0.3 is 10.6 Å². The molecule has 0 spiro atoms. The van der Waals surface area contributed by atoms with E-state index in [0.717, 1.165) is 6.54 Å². The first-order chi connectivity index (χ1) is 6.63. The monoisotopic (exact) mass is 198 g/mol. The van der Waals surface area contributed by atoms with Crippen molar-refractivity contribution in [3.05, 3.63) is 0 Å². The lowest BCUT2D eigenvalue weighted by molar-refractivity contribution is -0.122. The van der Waals surface area contributed by atoms with E-state index in [4.69, 9.17) is 0 Å². The molecule has 2 N–H and O–H groups in total. The molecule has 14 heavy (non-hydrogen) atoms. The fourth-order valence-corrected chi connectivity index (χ4v) is 1.78. The molecule has 0 bridgehead atoms. The van der Waals surface area contributed by atoms with Gasteiger partial charge in [-0.3, -0.25) is 4.79 Å². The zero-order valence-corrected chi connectivity index (χ0v) is 9.52. The summed E-state index contributed by atoms with van der Waals surface area (Å²) in [5.41, 5.74) is 0.456. The lowest BCUT2D eigenvalue weighted by atomic mass is 10.0. The van der Waals surface area contributed by atoms with Crippen LogP contribution < -0.4 is 10.6 Å². The molecular formula is C11H22N2O. The van der Waals surface area contributed by atoms with E-state index in [1.165, 1.54) is 25.7 Å². The van der Waals surface area contributed by atoms with Crippen molar-refractivity contribution in [1.82, 2.24) is 10.6 Å². The van der Waals surface area contributed by atoms with Gasteiger partial charge in [-0.15, -0.1) is 0 Å². The summed E-state index contributed by atoms with van der Waals surface area (Å²) in [6.07, 6.45) is 5.04. The summed E-state index contributed by atoms with van der Waals surface area (Å²) in [6, 6.07) is -0.0765. The van der Waals surface area contributed by atoms with E-state index in [0.29, 0.717) is 5.41 Å². The third-order valence-electron chi connectivity index (χ3n) is 3.20. The Morgan fingerprint density at radius 2 is 2.14 bits per heavy atom. The van der Waals surface area contributed by atoms with Crippen LogP contribution in [0.15, 0.2) is 0 Å². The van der Waals surface area contributed by atoms with Crippen molar-refractivity contribution >= 4 is 5.91 Å². The fourth-order valence-electron chi connectivity index (χ4n) is 1.78. The number of hydrogen-bond acceptors (Lipinski definition) is 2. The summed E-state index contributed by atoms with van der Waals surface area (Å²) >= 11 is 0. The van der Waals surface area contributed by atoms with Crippen molar-refractivity contribution in [2.24, 2.45) is 5.41 Å².